The molecule has 36 valence electrons. The highest BCUT2D eigenvalue weighted by molar-refractivity contribution is 5.76. The Hall–Kier alpha value is -0.930. The van der Waals surface area contributed by atoms with E-state index in [1.807, 2.05) is 0 Å². The third kappa shape index (κ3) is 0.581. The van der Waals surface area contributed by atoms with Crippen LogP contribution in [0.5, 0.6) is 0 Å². The van der Waals surface area contributed by atoms with Crippen LogP contribution in [0.2, 0.25) is 0 Å². The SMILES string of the molecule is CN1[C]N=NC1=O. The summed E-state index contributed by atoms with van der Waals surface area (Å²) in [4.78, 5) is 11.4. The normalized spacial score (nSPS) is 19.0. The molecule has 4 nitrogen and oxygen atoms in total. The monoisotopic (exact) mass is 97.0 g/mol. The molecule has 0 N–H and O–H groups in total. The van der Waals surface area contributed by atoms with Crippen LogP contribution in [-0.4, -0.2) is 18.0 Å². The predicted molar refractivity (Wildman–Crippen MR) is 21.3 cm³/mol. The Morgan fingerprint density at radius 3 is 2.71 bits per heavy atom. The van der Waals surface area contributed by atoms with Crippen molar-refractivity contribution in [3.8, 4) is 0 Å². The van der Waals surface area contributed by atoms with Gasteiger partial charge in [0.2, 0.25) is 0 Å². The molecule has 1 aliphatic rings. The van der Waals surface area contributed by atoms with Crippen molar-refractivity contribution >= 4 is 6.03 Å². The smallest absolute Gasteiger partial charge is 0.290 e. The van der Waals surface area contributed by atoms with E-state index in [1.54, 1.807) is 7.05 Å². The fourth-order valence-electron chi connectivity index (χ4n) is 0.242. The molecule has 2 amide bonds. The Morgan fingerprint density at radius 2 is 2.57 bits per heavy atom. The van der Waals surface area contributed by atoms with Crippen molar-refractivity contribution in [1.29, 1.82) is 0 Å². The van der Waals surface area contributed by atoms with Crippen LogP contribution in [0.3, 0.4) is 0 Å². The zero-order valence-corrected chi connectivity index (χ0v) is 3.75. The molecule has 0 aromatic rings. The Bertz CT molecular complexity index is 119. The van der Waals surface area contributed by atoms with Gasteiger partial charge in [0.05, 0.1) is 0 Å². The highest BCUT2D eigenvalue weighted by Crippen LogP contribution is 2.02. The molecule has 0 fully saturated rings. The standard InChI is InChI=1S/C3H3N3O/c1-6-2-4-5-3(6)7/h1H3. The molecule has 1 heterocycles. The molecule has 0 aliphatic carbocycles. The van der Waals surface area contributed by atoms with Crippen LogP contribution in [0.4, 0.5) is 4.79 Å². The van der Waals surface area contributed by atoms with Gasteiger partial charge in [0.1, 0.15) is 0 Å². The molecular formula is C3H3N3O. The minimum absolute atomic E-state index is 0.361. The highest BCUT2D eigenvalue weighted by Gasteiger charge is 2.12. The van der Waals surface area contributed by atoms with E-state index >= 15 is 0 Å². The van der Waals surface area contributed by atoms with Gasteiger partial charge in [-0.05, 0) is 0 Å². The molecule has 0 saturated heterocycles. The summed E-state index contributed by atoms with van der Waals surface area (Å²) < 4.78 is 0. The first-order valence-electron chi connectivity index (χ1n) is 1.75. The molecule has 0 saturated carbocycles. The fourth-order valence-corrected chi connectivity index (χ4v) is 0.242. The molecule has 0 spiro atoms. The molecule has 0 aromatic carbocycles. The lowest BCUT2D eigenvalue weighted by Gasteiger charge is -1.96. The molecule has 2 radical (unpaired) electrons. The van der Waals surface area contributed by atoms with Gasteiger partial charge in [-0.25, -0.2) is 4.79 Å². The Balaban J connectivity index is 2.62. The largest absolute Gasteiger partial charge is 0.363 e. The van der Waals surface area contributed by atoms with E-state index in [9.17, 15) is 4.79 Å². The summed E-state index contributed by atoms with van der Waals surface area (Å²) in [5.74, 6) is 0. The van der Waals surface area contributed by atoms with Gasteiger partial charge in [0, 0.05) is 7.05 Å². The van der Waals surface area contributed by atoms with Crippen molar-refractivity contribution in [1.82, 2.24) is 4.90 Å². The first kappa shape index (κ1) is 4.23. The first-order valence-corrected chi connectivity index (χ1v) is 1.75. The van der Waals surface area contributed by atoms with Crippen LogP contribution in [0.25, 0.3) is 0 Å². The third-order valence-electron chi connectivity index (χ3n) is 0.617. The van der Waals surface area contributed by atoms with E-state index in [-0.39, 0.29) is 6.03 Å². The van der Waals surface area contributed by atoms with Gasteiger partial charge in [-0.1, -0.05) is 5.11 Å². The Kier molecular flexibility index (Phi) is 0.780. The second kappa shape index (κ2) is 1.29. The number of carbonyl (C=O) groups is 1. The topological polar surface area (TPSA) is 45.0 Å². The molecule has 0 aromatic heterocycles. The molecule has 0 bridgehead atoms. The maximum Gasteiger partial charge on any atom is 0.363 e. The predicted octanol–water partition coefficient (Wildman–Crippen LogP) is 0.500. The number of carbonyl (C=O) groups excluding carboxylic acids is 1. The number of rotatable bonds is 0. The van der Waals surface area contributed by atoms with Crippen LogP contribution in [0.15, 0.2) is 10.2 Å². The molecule has 0 atom stereocenters. The lowest BCUT2D eigenvalue weighted by Crippen LogP contribution is -2.13. The van der Waals surface area contributed by atoms with E-state index in [0.717, 1.165) is 0 Å². The number of urea groups is 1. The average molecular weight is 97.1 g/mol. The molecule has 1 aliphatic heterocycles. The number of hydrogen-bond acceptors (Lipinski definition) is 2. The Morgan fingerprint density at radius 1 is 1.86 bits per heavy atom. The molecule has 0 unspecified atom stereocenters. The molecule has 1 rings (SSSR count). The van der Waals surface area contributed by atoms with Gasteiger partial charge in [-0.2, -0.15) is 0 Å². The average Bonchev–Trinajstić information content (AvgIpc) is 1.91. The molecular weight excluding hydrogens is 94.1 g/mol. The van der Waals surface area contributed by atoms with Gasteiger partial charge in [0.25, 0.3) is 6.67 Å². The second-order valence-corrected chi connectivity index (χ2v) is 1.14. The quantitative estimate of drug-likeness (QED) is 0.434. The summed E-state index contributed by atoms with van der Waals surface area (Å²) in [5, 5.41) is 6.31. The lowest BCUT2D eigenvalue weighted by molar-refractivity contribution is 0.232. The maximum atomic E-state index is 10.2. The summed E-state index contributed by atoms with van der Waals surface area (Å²) in [7, 11) is 1.54. The van der Waals surface area contributed by atoms with Crippen molar-refractivity contribution in [2.24, 2.45) is 10.2 Å². The fraction of sp³-hybridized carbons (Fsp3) is 0.333. The number of nitrogens with zero attached hydrogens (tertiary/aromatic N) is 3. The van der Waals surface area contributed by atoms with Crippen molar-refractivity contribution in [2.45, 2.75) is 0 Å². The van der Waals surface area contributed by atoms with Gasteiger partial charge >= 0.3 is 6.03 Å². The third-order valence-corrected chi connectivity index (χ3v) is 0.617. The summed E-state index contributed by atoms with van der Waals surface area (Å²) >= 11 is 0. The van der Waals surface area contributed by atoms with E-state index in [2.05, 4.69) is 16.9 Å². The number of hydrogen-bond donors (Lipinski definition) is 0. The summed E-state index contributed by atoms with van der Waals surface area (Å²) in [6.45, 7) is 2.31. The Labute approximate surface area is 40.8 Å². The van der Waals surface area contributed by atoms with Gasteiger partial charge in [-0.3, -0.25) is 4.90 Å². The van der Waals surface area contributed by atoms with E-state index in [4.69, 9.17) is 0 Å². The molecule has 4 heteroatoms. The minimum atomic E-state index is -0.361. The van der Waals surface area contributed by atoms with Crippen LogP contribution in [-0.2, 0) is 0 Å². The van der Waals surface area contributed by atoms with Crippen molar-refractivity contribution in [2.75, 3.05) is 7.05 Å². The number of azo groups is 1. The second-order valence-electron chi connectivity index (χ2n) is 1.14. The van der Waals surface area contributed by atoms with E-state index in [1.165, 1.54) is 4.90 Å². The van der Waals surface area contributed by atoms with Crippen LogP contribution in [0.1, 0.15) is 0 Å². The van der Waals surface area contributed by atoms with Gasteiger partial charge < -0.3 is 0 Å². The molecule has 7 heavy (non-hydrogen) atoms. The van der Waals surface area contributed by atoms with Gasteiger partial charge in [0.15, 0.2) is 0 Å². The van der Waals surface area contributed by atoms with Crippen molar-refractivity contribution in [3.63, 3.8) is 0 Å². The highest BCUT2D eigenvalue weighted by atomic mass is 16.2. The lowest BCUT2D eigenvalue weighted by atomic mass is 10.8. The first-order chi connectivity index (χ1) is 3.30. The summed E-state index contributed by atoms with van der Waals surface area (Å²) in [6, 6.07) is -0.361. The van der Waals surface area contributed by atoms with Crippen LogP contribution in [0, 0.1) is 6.67 Å². The van der Waals surface area contributed by atoms with E-state index < -0.39 is 0 Å². The van der Waals surface area contributed by atoms with E-state index in [0.29, 0.717) is 0 Å². The zero-order valence-electron chi connectivity index (χ0n) is 3.75. The maximum absolute atomic E-state index is 10.2. The minimum Gasteiger partial charge on any atom is -0.290 e. The zero-order chi connectivity index (χ0) is 5.28. The number of amides is 2. The van der Waals surface area contributed by atoms with Crippen molar-refractivity contribution < 1.29 is 4.79 Å². The van der Waals surface area contributed by atoms with Crippen LogP contribution < -0.4 is 0 Å². The summed E-state index contributed by atoms with van der Waals surface area (Å²) in [6.07, 6.45) is 0. The van der Waals surface area contributed by atoms with Crippen molar-refractivity contribution in [3.05, 3.63) is 6.67 Å². The van der Waals surface area contributed by atoms with Gasteiger partial charge in [-0.15, -0.1) is 5.11 Å². The van der Waals surface area contributed by atoms with Crippen LogP contribution >= 0.6 is 0 Å². The summed E-state index contributed by atoms with van der Waals surface area (Å²) in [5.41, 5.74) is 0.